The Bertz CT molecular complexity index is 221. The van der Waals surface area contributed by atoms with Gasteiger partial charge in [-0.3, -0.25) is 0 Å². The number of carboxylic acid groups (broad SMARTS) is 1. The van der Waals surface area contributed by atoms with Gasteiger partial charge in [-0.15, -0.1) is 11.5 Å². The molecule has 0 heterocycles. The maximum absolute atomic E-state index is 10.2. The van der Waals surface area contributed by atoms with Crippen LogP contribution in [0.25, 0.3) is 0 Å². The standard InChI is InChI=1S/C8H15NO2Si/c1-12(2,3)6-4-5-7(9)8(10)11/h7H,5,9H2,1-3H3,(H,10,11)/p-1. The Morgan fingerprint density at radius 1 is 1.58 bits per heavy atom. The summed E-state index contributed by atoms with van der Waals surface area (Å²) in [5.41, 5.74) is 8.22. The lowest BCUT2D eigenvalue weighted by Gasteiger charge is -2.08. The van der Waals surface area contributed by atoms with Crippen LogP contribution in [0.5, 0.6) is 0 Å². The Morgan fingerprint density at radius 3 is 2.42 bits per heavy atom. The molecular formula is C8H14NO2Si-. The number of aliphatic carboxylic acids is 1. The number of carbonyl (C=O) groups is 1. The predicted octanol–water partition coefficient (Wildman–Crippen LogP) is -0.665. The lowest BCUT2D eigenvalue weighted by atomic mass is 10.2. The topological polar surface area (TPSA) is 66.2 Å². The van der Waals surface area contributed by atoms with E-state index in [1.807, 2.05) is 0 Å². The van der Waals surface area contributed by atoms with E-state index >= 15 is 0 Å². The zero-order chi connectivity index (χ0) is 9.78. The smallest absolute Gasteiger partial charge is 0.129 e. The lowest BCUT2D eigenvalue weighted by Crippen LogP contribution is -2.41. The number of nitrogens with two attached hydrogens (primary N) is 1. The van der Waals surface area contributed by atoms with E-state index in [0.717, 1.165) is 0 Å². The van der Waals surface area contributed by atoms with Crippen molar-refractivity contribution in [1.29, 1.82) is 0 Å². The van der Waals surface area contributed by atoms with Gasteiger partial charge in [-0.05, 0) is 0 Å². The summed E-state index contributed by atoms with van der Waals surface area (Å²) in [6.45, 7) is 6.26. The highest BCUT2D eigenvalue weighted by Gasteiger charge is 2.07. The van der Waals surface area contributed by atoms with E-state index in [0.29, 0.717) is 0 Å². The van der Waals surface area contributed by atoms with Gasteiger partial charge in [-0.1, -0.05) is 19.6 Å². The summed E-state index contributed by atoms with van der Waals surface area (Å²) in [7, 11) is -1.39. The maximum atomic E-state index is 10.2. The van der Waals surface area contributed by atoms with E-state index in [2.05, 4.69) is 31.1 Å². The molecule has 0 aromatic carbocycles. The second-order valence-electron chi connectivity index (χ2n) is 3.68. The van der Waals surface area contributed by atoms with E-state index in [1.165, 1.54) is 0 Å². The van der Waals surface area contributed by atoms with Crippen LogP contribution in [0.3, 0.4) is 0 Å². The fraction of sp³-hybridized carbons (Fsp3) is 0.625. The second kappa shape index (κ2) is 4.29. The number of hydrogen-bond donors (Lipinski definition) is 1. The number of carbonyl (C=O) groups excluding carboxylic acids is 1. The van der Waals surface area contributed by atoms with Crippen molar-refractivity contribution in [2.24, 2.45) is 5.73 Å². The highest BCUT2D eigenvalue weighted by molar-refractivity contribution is 6.83. The van der Waals surface area contributed by atoms with Gasteiger partial charge in [-0.2, -0.15) is 0 Å². The monoisotopic (exact) mass is 184 g/mol. The van der Waals surface area contributed by atoms with Crippen molar-refractivity contribution >= 4 is 14.0 Å². The van der Waals surface area contributed by atoms with Crippen molar-refractivity contribution in [1.82, 2.24) is 0 Å². The summed E-state index contributed by atoms with van der Waals surface area (Å²) in [6, 6.07) is -0.950. The molecule has 0 radical (unpaired) electrons. The Morgan fingerprint density at radius 2 is 2.08 bits per heavy atom. The minimum atomic E-state index is -1.39. The first-order valence-electron chi connectivity index (χ1n) is 3.79. The minimum absolute atomic E-state index is 0.187. The molecule has 0 aliphatic heterocycles. The van der Waals surface area contributed by atoms with Gasteiger partial charge >= 0.3 is 0 Å². The molecule has 0 aliphatic rings. The molecule has 0 amide bonds. The molecule has 0 saturated heterocycles. The maximum Gasteiger partial charge on any atom is 0.129 e. The van der Waals surface area contributed by atoms with Crippen molar-refractivity contribution in [3.63, 3.8) is 0 Å². The first-order valence-corrected chi connectivity index (χ1v) is 7.29. The zero-order valence-electron chi connectivity index (χ0n) is 7.68. The molecule has 4 heteroatoms. The minimum Gasteiger partial charge on any atom is -0.548 e. The van der Waals surface area contributed by atoms with Crippen LogP contribution in [0.15, 0.2) is 0 Å². The van der Waals surface area contributed by atoms with Crippen LogP contribution in [0.2, 0.25) is 19.6 Å². The molecule has 68 valence electrons. The largest absolute Gasteiger partial charge is 0.548 e. The third-order valence-electron chi connectivity index (χ3n) is 1.09. The van der Waals surface area contributed by atoms with Crippen molar-refractivity contribution in [3.05, 3.63) is 0 Å². The van der Waals surface area contributed by atoms with Crippen LogP contribution in [0, 0.1) is 11.5 Å². The molecule has 0 aromatic heterocycles. The van der Waals surface area contributed by atoms with Crippen molar-refractivity contribution in [2.45, 2.75) is 32.1 Å². The van der Waals surface area contributed by atoms with Gasteiger partial charge < -0.3 is 15.6 Å². The van der Waals surface area contributed by atoms with Gasteiger partial charge in [0.05, 0.1) is 12.0 Å². The highest BCUT2D eigenvalue weighted by atomic mass is 28.3. The highest BCUT2D eigenvalue weighted by Crippen LogP contribution is 1.96. The summed E-state index contributed by atoms with van der Waals surface area (Å²) in [5.74, 6) is 1.54. The quantitative estimate of drug-likeness (QED) is 0.457. The molecule has 0 rings (SSSR count). The van der Waals surface area contributed by atoms with Gasteiger partial charge in [0.25, 0.3) is 0 Å². The molecule has 0 fully saturated rings. The van der Waals surface area contributed by atoms with E-state index in [9.17, 15) is 9.90 Å². The van der Waals surface area contributed by atoms with E-state index in [4.69, 9.17) is 5.73 Å². The molecular weight excluding hydrogens is 170 g/mol. The molecule has 1 unspecified atom stereocenters. The molecule has 0 saturated carbocycles. The van der Waals surface area contributed by atoms with Crippen LogP contribution in [0.1, 0.15) is 6.42 Å². The molecule has 3 nitrogen and oxygen atoms in total. The predicted molar refractivity (Wildman–Crippen MR) is 48.7 cm³/mol. The van der Waals surface area contributed by atoms with Crippen LogP contribution in [0.4, 0.5) is 0 Å². The van der Waals surface area contributed by atoms with E-state index in [1.54, 1.807) is 0 Å². The SMILES string of the molecule is C[Si](C)(C)C#CCC(N)C(=O)[O-]. The van der Waals surface area contributed by atoms with Crippen molar-refractivity contribution in [3.8, 4) is 11.5 Å². The van der Waals surface area contributed by atoms with Gasteiger partial charge in [0.1, 0.15) is 8.07 Å². The average molecular weight is 184 g/mol. The summed E-state index contributed by atoms with van der Waals surface area (Å²) >= 11 is 0. The Labute approximate surface area is 74.0 Å². The first kappa shape index (κ1) is 11.2. The van der Waals surface area contributed by atoms with Crippen molar-refractivity contribution in [2.75, 3.05) is 0 Å². The van der Waals surface area contributed by atoms with Crippen LogP contribution in [-0.4, -0.2) is 20.1 Å². The average Bonchev–Trinajstić information content (AvgIpc) is 1.84. The van der Waals surface area contributed by atoms with Gasteiger partial charge in [0, 0.05) is 6.42 Å². The van der Waals surface area contributed by atoms with Crippen LogP contribution >= 0.6 is 0 Å². The molecule has 0 bridgehead atoms. The van der Waals surface area contributed by atoms with Crippen LogP contribution in [-0.2, 0) is 4.79 Å². The molecule has 0 aromatic rings. The zero-order valence-corrected chi connectivity index (χ0v) is 8.68. The van der Waals surface area contributed by atoms with Gasteiger partial charge in [0.15, 0.2) is 0 Å². The Kier molecular flexibility index (Phi) is 4.00. The summed E-state index contributed by atoms with van der Waals surface area (Å²) in [4.78, 5) is 10.2. The molecule has 12 heavy (non-hydrogen) atoms. The van der Waals surface area contributed by atoms with E-state index < -0.39 is 20.1 Å². The van der Waals surface area contributed by atoms with E-state index in [-0.39, 0.29) is 6.42 Å². The summed E-state index contributed by atoms with van der Waals surface area (Å²) in [5, 5.41) is 10.2. The fourth-order valence-electron chi connectivity index (χ4n) is 0.509. The third kappa shape index (κ3) is 5.95. The van der Waals surface area contributed by atoms with Crippen LogP contribution < -0.4 is 10.8 Å². The summed E-state index contributed by atoms with van der Waals surface area (Å²) < 4.78 is 0. The second-order valence-corrected chi connectivity index (χ2v) is 8.43. The van der Waals surface area contributed by atoms with Crippen molar-refractivity contribution < 1.29 is 9.90 Å². The molecule has 1 atom stereocenters. The molecule has 0 spiro atoms. The molecule has 2 N–H and O–H groups in total. The Balaban J connectivity index is 3.96. The molecule has 0 aliphatic carbocycles. The number of carboxylic acids is 1. The lowest BCUT2D eigenvalue weighted by molar-refractivity contribution is -0.307. The van der Waals surface area contributed by atoms with Gasteiger partial charge in [0.2, 0.25) is 0 Å². The first-order chi connectivity index (χ1) is 5.33. The summed E-state index contributed by atoms with van der Waals surface area (Å²) in [6.07, 6.45) is 0.187. The number of rotatable bonds is 2. The fourth-order valence-corrected chi connectivity index (χ4v) is 1.14. The third-order valence-corrected chi connectivity index (χ3v) is 2.01. The normalized spacial score (nSPS) is 13.0. The number of hydrogen-bond acceptors (Lipinski definition) is 3. The Hall–Kier alpha value is -0.793. The van der Waals surface area contributed by atoms with Gasteiger partial charge in [-0.25, -0.2) is 0 Å².